The fourth-order valence-electron chi connectivity index (χ4n) is 1.97. The maximum absolute atomic E-state index is 12.4. The first-order valence-corrected chi connectivity index (χ1v) is 8.22. The highest BCUT2D eigenvalue weighted by atomic mass is 32.2. The minimum absolute atomic E-state index is 0.0525. The number of ether oxygens (including phenoxy) is 1. The molecule has 7 heteroatoms. The number of rotatable bonds is 5. The Labute approximate surface area is 127 Å². The molecule has 2 aromatic carbocycles. The zero-order valence-electron chi connectivity index (χ0n) is 11.9. The Hall–Kier alpha value is -2.41. The summed E-state index contributed by atoms with van der Waals surface area (Å²) in [7, 11) is -3.82. The molecule has 0 spiro atoms. The van der Waals surface area contributed by atoms with E-state index in [1.807, 2.05) is 12.1 Å². The van der Waals surface area contributed by atoms with Crippen molar-refractivity contribution in [2.45, 2.75) is 11.8 Å². The second-order valence-corrected chi connectivity index (χ2v) is 6.52. The van der Waals surface area contributed by atoms with Gasteiger partial charge >= 0.3 is 5.97 Å². The van der Waals surface area contributed by atoms with Gasteiger partial charge in [-0.25, -0.2) is 13.2 Å². The van der Waals surface area contributed by atoms with Crippen molar-refractivity contribution in [2.75, 3.05) is 12.4 Å². The average molecular weight is 321 g/mol. The van der Waals surface area contributed by atoms with E-state index in [9.17, 15) is 13.2 Å². The van der Waals surface area contributed by atoms with Crippen LogP contribution in [-0.2, 0) is 19.4 Å². The van der Waals surface area contributed by atoms with Crippen LogP contribution in [0.4, 0.5) is 0 Å². The molecule has 0 aliphatic heterocycles. The maximum Gasteiger partial charge on any atom is 0.357 e. The molecular formula is C15H15NO5S. The molecule has 0 unspecified atom stereocenters. The van der Waals surface area contributed by atoms with Gasteiger partial charge in [-0.05, 0) is 29.8 Å². The van der Waals surface area contributed by atoms with Crippen molar-refractivity contribution >= 4 is 32.3 Å². The largest absolute Gasteiger partial charge is 0.461 e. The number of carbonyl (C=O) groups is 1. The minimum atomic E-state index is -3.82. The highest BCUT2D eigenvalue weighted by molar-refractivity contribution is 7.92. The number of esters is 1. The van der Waals surface area contributed by atoms with Crippen LogP contribution in [0.2, 0.25) is 0 Å². The molecule has 2 rings (SSSR count). The van der Waals surface area contributed by atoms with Gasteiger partial charge in [0.1, 0.15) is 5.75 Å². The van der Waals surface area contributed by atoms with E-state index in [1.165, 1.54) is 12.1 Å². The molecule has 0 atom stereocenters. The summed E-state index contributed by atoms with van der Waals surface area (Å²) in [5, 5.41) is 13.2. The number of oxime groups is 1. The average Bonchev–Trinajstić information content (AvgIpc) is 2.52. The van der Waals surface area contributed by atoms with Gasteiger partial charge in [0.2, 0.25) is 0 Å². The van der Waals surface area contributed by atoms with E-state index in [1.54, 1.807) is 25.1 Å². The second-order valence-electron chi connectivity index (χ2n) is 4.54. The van der Waals surface area contributed by atoms with Gasteiger partial charge in [0, 0.05) is 0 Å². The van der Waals surface area contributed by atoms with Gasteiger partial charge in [-0.2, -0.15) is 0 Å². The van der Waals surface area contributed by atoms with E-state index in [2.05, 4.69) is 9.89 Å². The number of hydrogen-bond donors (Lipinski definition) is 1. The normalized spacial score (nSPS) is 12.3. The van der Waals surface area contributed by atoms with Crippen molar-refractivity contribution in [1.82, 2.24) is 0 Å². The molecular weight excluding hydrogens is 306 g/mol. The van der Waals surface area contributed by atoms with Gasteiger partial charge in [0.25, 0.3) is 0 Å². The van der Waals surface area contributed by atoms with Crippen molar-refractivity contribution < 1.29 is 23.2 Å². The molecule has 6 nitrogen and oxygen atoms in total. The van der Waals surface area contributed by atoms with Gasteiger partial charge in [-0.1, -0.05) is 35.5 Å². The smallest absolute Gasteiger partial charge is 0.357 e. The third kappa shape index (κ3) is 3.43. The molecule has 0 aliphatic rings. The fraction of sp³-hybridized carbons (Fsp3) is 0.200. The predicted octanol–water partition coefficient (Wildman–Crippen LogP) is 2.01. The zero-order valence-corrected chi connectivity index (χ0v) is 12.7. The second kappa shape index (κ2) is 6.57. The fourth-order valence-corrected chi connectivity index (χ4v) is 3.25. The van der Waals surface area contributed by atoms with Crippen LogP contribution in [0.3, 0.4) is 0 Å². The lowest BCUT2D eigenvalue weighted by atomic mass is 10.1. The molecule has 0 amide bonds. The van der Waals surface area contributed by atoms with E-state index in [0.717, 1.165) is 10.8 Å². The molecule has 0 fully saturated rings. The van der Waals surface area contributed by atoms with E-state index in [0.29, 0.717) is 0 Å². The van der Waals surface area contributed by atoms with Crippen LogP contribution in [0, 0.1) is 0 Å². The summed E-state index contributed by atoms with van der Waals surface area (Å²) in [6.07, 6.45) is 0. The first-order valence-electron chi connectivity index (χ1n) is 6.57. The molecule has 116 valence electrons. The van der Waals surface area contributed by atoms with Crippen LogP contribution in [0.25, 0.3) is 10.8 Å². The minimum Gasteiger partial charge on any atom is -0.461 e. The van der Waals surface area contributed by atoms with E-state index >= 15 is 0 Å². The highest BCUT2D eigenvalue weighted by Gasteiger charge is 2.24. The summed E-state index contributed by atoms with van der Waals surface area (Å²) in [5.41, 5.74) is -0.546. The summed E-state index contributed by atoms with van der Waals surface area (Å²) in [6, 6.07) is 12.0. The van der Waals surface area contributed by atoms with Crippen LogP contribution in [0.15, 0.2) is 52.5 Å². The number of sulfone groups is 1. The third-order valence-electron chi connectivity index (χ3n) is 3.04. The van der Waals surface area contributed by atoms with Crippen LogP contribution in [0.5, 0.6) is 0 Å². The molecule has 0 heterocycles. The van der Waals surface area contributed by atoms with Crippen LogP contribution in [-0.4, -0.2) is 37.7 Å². The van der Waals surface area contributed by atoms with Gasteiger partial charge in [-0.15, -0.1) is 0 Å². The number of nitrogens with zero attached hydrogens (tertiary/aromatic N) is 1. The standard InChI is InChI=1S/C15H15NO5S/c1-2-21-15(17)14(16-18)10-22(19,20)13-8-7-11-5-3-4-6-12(11)9-13/h3-9,18H,2,10H2,1H3. The number of fused-ring (bicyclic) bond motifs is 1. The van der Waals surface area contributed by atoms with Gasteiger partial charge in [-0.3, -0.25) is 0 Å². The summed E-state index contributed by atoms with van der Waals surface area (Å²) in [5.74, 6) is -1.67. The summed E-state index contributed by atoms with van der Waals surface area (Å²) in [6.45, 7) is 1.64. The Bertz CT molecular complexity index is 827. The molecule has 1 N–H and O–H groups in total. The topological polar surface area (TPSA) is 93.0 Å². The van der Waals surface area contributed by atoms with Crippen LogP contribution >= 0.6 is 0 Å². The van der Waals surface area contributed by atoms with Crippen molar-refractivity contribution in [2.24, 2.45) is 5.16 Å². The monoisotopic (exact) mass is 321 g/mol. The van der Waals surface area contributed by atoms with Gasteiger partial charge in [0.05, 0.1) is 11.5 Å². The summed E-state index contributed by atoms with van der Waals surface area (Å²) in [4.78, 5) is 11.6. The Morgan fingerprint density at radius 1 is 1.18 bits per heavy atom. The Morgan fingerprint density at radius 3 is 2.50 bits per heavy atom. The van der Waals surface area contributed by atoms with Gasteiger partial charge in [0.15, 0.2) is 15.5 Å². The molecule has 0 bridgehead atoms. The van der Waals surface area contributed by atoms with Crippen molar-refractivity contribution in [1.29, 1.82) is 0 Å². The Balaban J connectivity index is 2.34. The molecule has 0 radical (unpaired) electrons. The first kappa shape index (κ1) is 16.0. The molecule has 22 heavy (non-hydrogen) atoms. The predicted molar refractivity (Wildman–Crippen MR) is 81.9 cm³/mol. The Kier molecular flexibility index (Phi) is 4.77. The lowest BCUT2D eigenvalue weighted by molar-refractivity contribution is -0.135. The number of benzene rings is 2. The zero-order chi connectivity index (χ0) is 16.2. The van der Waals surface area contributed by atoms with E-state index in [-0.39, 0.29) is 11.5 Å². The highest BCUT2D eigenvalue weighted by Crippen LogP contribution is 2.20. The van der Waals surface area contributed by atoms with Crippen molar-refractivity contribution in [3.63, 3.8) is 0 Å². The molecule has 0 saturated heterocycles. The van der Waals surface area contributed by atoms with Crippen LogP contribution < -0.4 is 0 Å². The van der Waals surface area contributed by atoms with E-state index in [4.69, 9.17) is 5.21 Å². The van der Waals surface area contributed by atoms with E-state index < -0.39 is 27.3 Å². The first-order chi connectivity index (χ1) is 10.5. The van der Waals surface area contributed by atoms with Crippen molar-refractivity contribution in [3.05, 3.63) is 42.5 Å². The van der Waals surface area contributed by atoms with Crippen LogP contribution in [0.1, 0.15) is 6.92 Å². The molecule has 0 aromatic heterocycles. The SMILES string of the molecule is CCOC(=O)C(CS(=O)(=O)c1ccc2ccccc2c1)=NO. The van der Waals surface area contributed by atoms with Gasteiger partial charge < -0.3 is 9.94 Å². The molecule has 0 saturated carbocycles. The van der Waals surface area contributed by atoms with Crippen molar-refractivity contribution in [3.8, 4) is 0 Å². The lowest BCUT2D eigenvalue weighted by Gasteiger charge is -2.07. The maximum atomic E-state index is 12.4. The molecule has 0 aliphatic carbocycles. The molecule has 2 aromatic rings. The summed E-state index contributed by atoms with van der Waals surface area (Å²) >= 11 is 0. The lowest BCUT2D eigenvalue weighted by Crippen LogP contribution is -2.26. The number of hydrogen-bond acceptors (Lipinski definition) is 6. The quantitative estimate of drug-likeness (QED) is 0.393. The summed E-state index contributed by atoms with van der Waals surface area (Å²) < 4.78 is 29.4. The third-order valence-corrected chi connectivity index (χ3v) is 4.66. The number of carbonyl (C=O) groups excluding carboxylic acids is 1. The Morgan fingerprint density at radius 2 is 1.86 bits per heavy atom.